The summed E-state index contributed by atoms with van der Waals surface area (Å²) >= 11 is 19.4. The molecule has 0 fully saturated rings. The zero-order valence-electron chi connectivity index (χ0n) is 14.1. The monoisotopic (exact) mass is 409 g/mol. The minimum atomic E-state index is -1.56. The van der Waals surface area contributed by atoms with Gasteiger partial charge in [-0.05, 0) is 18.6 Å². The second-order valence-corrected chi connectivity index (χ2v) is 9.34. The number of nitrogens with one attached hydrogen (secondary N) is 1. The molecule has 1 aromatic carbocycles. The molecule has 0 spiro atoms. The van der Waals surface area contributed by atoms with E-state index in [2.05, 4.69) is 12.2 Å². The molecule has 136 valence electrons. The van der Waals surface area contributed by atoms with Crippen molar-refractivity contribution in [3.63, 3.8) is 0 Å². The first-order valence-electron chi connectivity index (χ1n) is 8.51. The topological polar surface area (TPSA) is 29.1 Å². The average Bonchev–Trinajstić information content (AvgIpc) is 2.53. The van der Waals surface area contributed by atoms with Gasteiger partial charge in [0.15, 0.2) is 0 Å². The number of rotatable bonds is 11. The molecule has 1 aromatic rings. The van der Waals surface area contributed by atoms with Crippen LogP contribution in [0.5, 0.6) is 0 Å². The highest BCUT2D eigenvalue weighted by Gasteiger charge is 2.34. The van der Waals surface area contributed by atoms with E-state index >= 15 is 0 Å². The van der Waals surface area contributed by atoms with Crippen molar-refractivity contribution < 1.29 is 4.79 Å². The average molecular weight is 411 g/mol. The van der Waals surface area contributed by atoms with Crippen LogP contribution in [0.1, 0.15) is 58.3 Å². The second kappa shape index (κ2) is 12.3. The molecule has 0 bridgehead atoms. The Labute approximate surface area is 165 Å². The summed E-state index contributed by atoms with van der Waals surface area (Å²) < 4.78 is -1.56. The first kappa shape index (κ1) is 22.0. The van der Waals surface area contributed by atoms with Crippen LogP contribution in [-0.4, -0.2) is 15.1 Å². The van der Waals surface area contributed by atoms with Crippen LogP contribution in [0.25, 0.3) is 0 Å². The van der Waals surface area contributed by atoms with Gasteiger partial charge in [-0.2, -0.15) is 0 Å². The van der Waals surface area contributed by atoms with Gasteiger partial charge in [-0.15, -0.1) is 0 Å². The van der Waals surface area contributed by atoms with E-state index in [1.807, 2.05) is 30.3 Å². The molecule has 24 heavy (non-hydrogen) atoms. The number of carbonyl (C=O) groups is 1. The third kappa shape index (κ3) is 10.0. The maximum absolute atomic E-state index is 12.1. The Kier molecular flexibility index (Phi) is 11.2. The molecule has 1 atom stereocenters. The van der Waals surface area contributed by atoms with Crippen LogP contribution < -0.4 is 5.32 Å². The molecular weight excluding hydrogens is 385 g/mol. The number of amides is 1. The van der Waals surface area contributed by atoms with Gasteiger partial charge >= 0.3 is 0 Å². The zero-order chi connectivity index (χ0) is 17.8. The van der Waals surface area contributed by atoms with Gasteiger partial charge in [-0.25, -0.2) is 0 Å². The number of thioether (sulfide) groups is 1. The van der Waals surface area contributed by atoms with Crippen LogP contribution in [-0.2, 0) is 4.79 Å². The summed E-state index contributed by atoms with van der Waals surface area (Å²) in [6.45, 7) is 2.21. The standard InChI is InChI=1S/C18H26Cl3NOS/c1-2-3-4-5-6-7-11-14-16(23)22-17(18(19,20)21)24-15-12-9-8-10-13-15/h8-10,12-13,17H,2-7,11,14H2,1H3,(H,22,23). The number of hydrogen-bond acceptors (Lipinski definition) is 2. The lowest BCUT2D eigenvalue weighted by Gasteiger charge is -2.25. The Morgan fingerprint density at radius 1 is 1.04 bits per heavy atom. The summed E-state index contributed by atoms with van der Waals surface area (Å²) in [5, 5.41) is 2.24. The molecule has 0 saturated heterocycles. The van der Waals surface area contributed by atoms with E-state index in [0.29, 0.717) is 6.42 Å². The van der Waals surface area contributed by atoms with Crippen molar-refractivity contribution in [2.75, 3.05) is 0 Å². The van der Waals surface area contributed by atoms with E-state index in [1.165, 1.54) is 43.9 Å². The van der Waals surface area contributed by atoms with Gasteiger partial charge in [0.2, 0.25) is 9.70 Å². The Hall–Kier alpha value is -0.0900. The molecule has 1 rings (SSSR count). The fourth-order valence-electron chi connectivity index (χ4n) is 2.27. The molecule has 0 aliphatic rings. The fourth-order valence-corrected chi connectivity index (χ4v) is 3.75. The lowest BCUT2D eigenvalue weighted by atomic mass is 10.1. The molecule has 0 aliphatic heterocycles. The fraction of sp³-hybridized carbons (Fsp3) is 0.611. The molecule has 0 heterocycles. The maximum atomic E-state index is 12.1. The number of unbranched alkanes of at least 4 members (excludes halogenated alkanes) is 6. The molecule has 1 unspecified atom stereocenters. The van der Waals surface area contributed by atoms with Gasteiger partial charge in [-0.1, -0.05) is 110 Å². The summed E-state index contributed by atoms with van der Waals surface area (Å²) in [6.07, 6.45) is 8.67. The summed E-state index contributed by atoms with van der Waals surface area (Å²) in [4.78, 5) is 13.1. The Balaban J connectivity index is 2.34. The maximum Gasteiger partial charge on any atom is 0.221 e. The highest BCUT2D eigenvalue weighted by Crippen LogP contribution is 2.39. The molecule has 6 heteroatoms. The van der Waals surface area contributed by atoms with E-state index in [0.717, 1.165) is 17.7 Å². The largest absolute Gasteiger partial charge is 0.340 e. The van der Waals surface area contributed by atoms with E-state index in [9.17, 15) is 4.79 Å². The first-order valence-corrected chi connectivity index (χ1v) is 10.5. The number of hydrogen-bond donors (Lipinski definition) is 1. The smallest absolute Gasteiger partial charge is 0.221 e. The molecule has 0 radical (unpaired) electrons. The van der Waals surface area contributed by atoms with Crippen molar-refractivity contribution in [3.05, 3.63) is 30.3 Å². The number of halogens is 3. The van der Waals surface area contributed by atoms with Crippen LogP contribution >= 0.6 is 46.6 Å². The van der Waals surface area contributed by atoms with Crippen LogP contribution in [0.4, 0.5) is 0 Å². The Morgan fingerprint density at radius 2 is 1.62 bits per heavy atom. The zero-order valence-corrected chi connectivity index (χ0v) is 17.2. The first-order chi connectivity index (χ1) is 11.4. The van der Waals surface area contributed by atoms with E-state index < -0.39 is 9.17 Å². The molecule has 0 saturated carbocycles. The van der Waals surface area contributed by atoms with E-state index in [4.69, 9.17) is 34.8 Å². The van der Waals surface area contributed by atoms with Crippen LogP contribution in [0.3, 0.4) is 0 Å². The van der Waals surface area contributed by atoms with E-state index in [1.54, 1.807) is 0 Å². The third-order valence-electron chi connectivity index (χ3n) is 3.59. The van der Waals surface area contributed by atoms with E-state index in [-0.39, 0.29) is 5.91 Å². The van der Waals surface area contributed by atoms with Gasteiger partial charge in [-0.3, -0.25) is 4.79 Å². The molecule has 0 aromatic heterocycles. The number of alkyl halides is 3. The van der Waals surface area contributed by atoms with Crippen molar-refractivity contribution in [2.45, 2.75) is 72.4 Å². The lowest BCUT2D eigenvalue weighted by Crippen LogP contribution is -2.41. The highest BCUT2D eigenvalue weighted by atomic mass is 35.6. The van der Waals surface area contributed by atoms with Gasteiger partial charge in [0.05, 0.1) is 0 Å². The molecule has 1 N–H and O–H groups in total. The third-order valence-corrected chi connectivity index (χ3v) is 5.89. The molecule has 0 aliphatic carbocycles. The normalized spacial score (nSPS) is 12.8. The molecular formula is C18H26Cl3NOS. The van der Waals surface area contributed by atoms with Crippen molar-refractivity contribution >= 4 is 52.5 Å². The summed E-state index contributed by atoms with van der Waals surface area (Å²) in [5.41, 5.74) is 0. The SMILES string of the molecule is CCCCCCCCCC(=O)NC(Sc1ccccc1)C(Cl)(Cl)Cl. The number of carbonyl (C=O) groups excluding carboxylic acids is 1. The Bertz CT molecular complexity index is 465. The quantitative estimate of drug-likeness (QED) is 0.189. The van der Waals surface area contributed by atoms with Crippen molar-refractivity contribution in [2.24, 2.45) is 0 Å². The summed E-state index contributed by atoms with van der Waals surface area (Å²) in [6, 6.07) is 9.61. The van der Waals surface area contributed by atoms with Crippen LogP contribution in [0, 0.1) is 0 Å². The van der Waals surface area contributed by atoms with Gasteiger partial charge in [0.25, 0.3) is 0 Å². The minimum Gasteiger partial charge on any atom is -0.340 e. The Morgan fingerprint density at radius 3 is 2.21 bits per heavy atom. The van der Waals surface area contributed by atoms with Crippen molar-refractivity contribution in [3.8, 4) is 0 Å². The predicted octanol–water partition coefficient (Wildman–Crippen LogP) is 6.73. The second-order valence-electron chi connectivity index (χ2n) is 5.79. The molecule has 2 nitrogen and oxygen atoms in total. The highest BCUT2D eigenvalue weighted by molar-refractivity contribution is 8.00. The summed E-state index contributed by atoms with van der Waals surface area (Å²) in [5.74, 6) is -0.0664. The van der Waals surface area contributed by atoms with Crippen molar-refractivity contribution in [1.29, 1.82) is 0 Å². The van der Waals surface area contributed by atoms with Gasteiger partial charge in [0.1, 0.15) is 5.37 Å². The van der Waals surface area contributed by atoms with Gasteiger partial charge < -0.3 is 5.32 Å². The minimum absolute atomic E-state index is 0.0664. The van der Waals surface area contributed by atoms with Crippen LogP contribution in [0.15, 0.2) is 35.2 Å². The lowest BCUT2D eigenvalue weighted by molar-refractivity contribution is -0.121. The summed E-state index contributed by atoms with van der Waals surface area (Å²) in [7, 11) is 0. The number of benzene rings is 1. The molecule has 1 amide bonds. The van der Waals surface area contributed by atoms with Gasteiger partial charge in [0, 0.05) is 11.3 Å². The van der Waals surface area contributed by atoms with Crippen LogP contribution in [0.2, 0.25) is 0 Å². The van der Waals surface area contributed by atoms with Crippen molar-refractivity contribution in [1.82, 2.24) is 5.32 Å². The predicted molar refractivity (Wildman–Crippen MR) is 107 cm³/mol.